The van der Waals surface area contributed by atoms with Gasteiger partial charge in [-0.15, -0.1) is 0 Å². The van der Waals surface area contributed by atoms with Crippen molar-refractivity contribution in [1.82, 2.24) is 4.90 Å². The molecular formula is C17H23NO3. The summed E-state index contributed by atoms with van der Waals surface area (Å²) in [6, 6.07) is 10.4. The van der Waals surface area contributed by atoms with Gasteiger partial charge in [-0.05, 0) is 31.2 Å². The lowest BCUT2D eigenvalue weighted by Crippen LogP contribution is -2.49. The maximum atomic E-state index is 12.4. The molecular weight excluding hydrogens is 266 g/mol. The number of carbonyl (C=O) groups excluding carboxylic acids is 1. The van der Waals surface area contributed by atoms with E-state index >= 15 is 0 Å². The first-order valence-corrected chi connectivity index (χ1v) is 7.89. The Morgan fingerprint density at radius 3 is 2.81 bits per heavy atom. The quantitative estimate of drug-likeness (QED) is 0.851. The Morgan fingerprint density at radius 2 is 2.05 bits per heavy atom. The lowest BCUT2D eigenvalue weighted by Gasteiger charge is -2.34. The van der Waals surface area contributed by atoms with Crippen LogP contribution in [0.25, 0.3) is 0 Å². The van der Waals surface area contributed by atoms with Gasteiger partial charge in [-0.1, -0.05) is 30.3 Å². The molecule has 0 N–H and O–H groups in total. The summed E-state index contributed by atoms with van der Waals surface area (Å²) < 4.78 is 11.3. The van der Waals surface area contributed by atoms with Gasteiger partial charge < -0.3 is 14.4 Å². The van der Waals surface area contributed by atoms with Gasteiger partial charge in [0.15, 0.2) is 0 Å². The largest absolute Gasteiger partial charge is 0.375 e. The minimum atomic E-state index is -0.210. The van der Waals surface area contributed by atoms with Crippen LogP contribution in [0.3, 0.4) is 0 Å². The fourth-order valence-corrected chi connectivity index (χ4v) is 3.04. The molecule has 21 heavy (non-hydrogen) atoms. The van der Waals surface area contributed by atoms with Crippen molar-refractivity contribution in [3.05, 3.63) is 35.9 Å². The normalized spacial score (nSPS) is 26.0. The summed E-state index contributed by atoms with van der Waals surface area (Å²) in [5.74, 6) is 0.153. The maximum absolute atomic E-state index is 12.4. The van der Waals surface area contributed by atoms with Gasteiger partial charge in [0.2, 0.25) is 0 Å². The van der Waals surface area contributed by atoms with E-state index in [2.05, 4.69) is 24.3 Å². The van der Waals surface area contributed by atoms with Crippen molar-refractivity contribution in [3.8, 4) is 0 Å². The molecule has 2 fully saturated rings. The highest BCUT2D eigenvalue weighted by molar-refractivity contribution is 5.81. The third-order valence-electron chi connectivity index (χ3n) is 4.25. The third kappa shape index (κ3) is 3.83. The summed E-state index contributed by atoms with van der Waals surface area (Å²) in [5, 5.41) is 0. The molecule has 1 aromatic carbocycles. The number of amides is 1. The topological polar surface area (TPSA) is 38.8 Å². The van der Waals surface area contributed by atoms with Crippen LogP contribution in [0.2, 0.25) is 0 Å². The number of ether oxygens (including phenoxy) is 2. The smallest absolute Gasteiger partial charge is 0.251 e. The molecule has 0 spiro atoms. The summed E-state index contributed by atoms with van der Waals surface area (Å²) in [4.78, 5) is 14.3. The van der Waals surface area contributed by atoms with Crippen LogP contribution in [0, 0.1) is 0 Å². The number of hydrogen-bond acceptors (Lipinski definition) is 3. The summed E-state index contributed by atoms with van der Waals surface area (Å²) in [6.45, 7) is 2.75. The minimum Gasteiger partial charge on any atom is -0.375 e. The lowest BCUT2D eigenvalue weighted by atomic mass is 10.1. The van der Waals surface area contributed by atoms with E-state index in [1.807, 2.05) is 11.0 Å². The minimum absolute atomic E-state index is 0.143. The average Bonchev–Trinajstić information content (AvgIpc) is 3.08. The highest BCUT2D eigenvalue weighted by Crippen LogP contribution is 2.18. The molecule has 2 aliphatic heterocycles. The van der Waals surface area contributed by atoms with Crippen LogP contribution in [0.5, 0.6) is 0 Å². The van der Waals surface area contributed by atoms with Gasteiger partial charge in [0, 0.05) is 19.7 Å². The third-order valence-corrected chi connectivity index (χ3v) is 4.25. The number of rotatable bonds is 4. The first-order valence-electron chi connectivity index (χ1n) is 7.89. The van der Waals surface area contributed by atoms with E-state index < -0.39 is 0 Å². The highest BCUT2D eigenvalue weighted by atomic mass is 16.5. The van der Waals surface area contributed by atoms with Crippen LogP contribution >= 0.6 is 0 Å². The van der Waals surface area contributed by atoms with Crippen LogP contribution in [-0.2, 0) is 20.7 Å². The molecule has 3 rings (SSSR count). The molecule has 0 saturated carbocycles. The Bertz CT molecular complexity index is 456. The van der Waals surface area contributed by atoms with E-state index in [4.69, 9.17) is 9.47 Å². The number of morpholine rings is 1. The van der Waals surface area contributed by atoms with Crippen molar-refractivity contribution >= 4 is 5.91 Å². The fraction of sp³-hybridized carbons (Fsp3) is 0.588. The summed E-state index contributed by atoms with van der Waals surface area (Å²) in [7, 11) is 0. The van der Waals surface area contributed by atoms with Crippen molar-refractivity contribution in [3.63, 3.8) is 0 Å². The highest BCUT2D eigenvalue weighted by Gasteiger charge is 2.31. The number of aryl methyl sites for hydroxylation is 1. The van der Waals surface area contributed by atoms with Gasteiger partial charge in [-0.3, -0.25) is 4.79 Å². The van der Waals surface area contributed by atoms with E-state index in [9.17, 15) is 4.79 Å². The molecule has 2 heterocycles. The van der Waals surface area contributed by atoms with Crippen molar-refractivity contribution in [2.24, 2.45) is 0 Å². The van der Waals surface area contributed by atoms with Crippen molar-refractivity contribution in [2.45, 2.75) is 37.9 Å². The second-order valence-electron chi connectivity index (χ2n) is 5.80. The number of benzene rings is 1. The van der Waals surface area contributed by atoms with E-state index in [1.165, 1.54) is 5.56 Å². The van der Waals surface area contributed by atoms with Crippen molar-refractivity contribution in [2.75, 3.05) is 26.3 Å². The zero-order chi connectivity index (χ0) is 14.5. The van der Waals surface area contributed by atoms with Gasteiger partial charge in [0.25, 0.3) is 5.91 Å². The van der Waals surface area contributed by atoms with Crippen molar-refractivity contribution in [1.29, 1.82) is 0 Å². The first-order chi connectivity index (χ1) is 10.3. The molecule has 1 aromatic rings. The second-order valence-corrected chi connectivity index (χ2v) is 5.80. The SMILES string of the molecule is O=C([C@@H]1CCCO1)N1CCOC(CCc2ccccc2)C1. The van der Waals surface area contributed by atoms with Crippen LogP contribution in [0.15, 0.2) is 30.3 Å². The zero-order valence-electron chi connectivity index (χ0n) is 12.4. The van der Waals surface area contributed by atoms with Gasteiger partial charge in [-0.2, -0.15) is 0 Å². The van der Waals surface area contributed by atoms with Crippen LogP contribution in [0.4, 0.5) is 0 Å². The Labute approximate surface area is 126 Å². The molecule has 1 unspecified atom stereocenters. The van der Waals surface area contributed by atoms with Gasteiger partial charge >= 0.3 is 0 Å². The molecule has 2 aliphatic rings. The van der Waals surface area contributed by atoms with Gasteiger partial charge in [-0.25, -0.2) is 0 Å². The maximum Gasteiger partial charge on any atom is 0.251 e. The summed E-state index contributed by atoms with van der Waals surface area (Å²) >= 11 is 0. The molecule has 2 saturated heterocycles. The van der Waals surface area contributed by atoms with Crippen molar-refractivity contribution < 1.29 is 14.3 Å². The molecule has 4 nitrogen and oxygen atoms in total. The Morgan fingerprint density at radius 1 is 1.19 bits per heavy atom. The predicted molar refractivity (Wildman–Crippen MR) is 80.1 cm³/mol. The molecule has 0 aromatic heterocycles. The molecule has 0 aliphatic carbocycles. The second kappa shape index (κ2) is 7.05. The molecule has 114 valence electrons. The lowest BCUT2D eigenvalue weighted by molar-refractivity contribution is -0.148. The number of carbonyl (C=O) groups is 1. The van der Waals surface area contributed by atoms with E-state index in [1.54, 1.807) is 0 Å². The summed E-state index contributed by atoms with van der Waals surface area (Å²) in [5.41, 5.74) is 1.32. The Hall–Kier alpha value is -1.39. The van der Waals surface area contributed by atoms with Crippen LogP contribution < -0.4 is 0 Å². The molecule has 1 amide bonds. The summed E-state index contributed by atoms with van der Waals surface area (Å²) in [6.07, 6.45) is 3.75. The van der Waals surface area contributed by atoms with Crippen LogP contribution in [0.1, 0.15) is 24.8 Å². The predicted octanol–water partition coefficient (Wildman–Crippen LogP) is 2.03. The van der Waals surface area contributed by atoms with E-state index in [0.29, 0.717) is 19.7 Å². The Balaban J connectivity index is 1.49. The zero-order valence-corrected chi connectivity index (χ0v) is 12.4. The van der Waals surface area contributed by atoms with E-state index in [0.717, 1.165) is 32.3 Å². The van der Waals surface area contributed by atoms with Crippen LogP contribution in [-0.4, -0.2) is 49.3 Å². The monoisotopic (exact) mass is 289 g/mol. The number of nitrogens with zero attached hydrogens (tertiary/aromatic N) is 1. The Kier molecular flexibility index (Phi) is 4.88. The van der Waals surface area contributed by atoms with Gasteiger partial charge in [0.05, 0.1) is 12.7 Å². The fourth-order valence-electron chi connectivity index (χ4n) is 3.04. The molecule has 0 bridgehead atoms. The standard InChI is InChI=1S/C17H23NO3/c19-17(16-7-4-11-21-16)18-10-12-20-15(13-18)9-8-14-5-2-1-3-6-14/h1-3,5-6,15-16H,4,7-13H2/t15?,16-/m0/s1. The molecule has 4 heteroatoms. The molecule has 2 atom stereocenters. The number of hydrogen-bond donors (Lipinski definition) is 0. The van der Waals surface area contributed by atoms with Gasteiger partial charge in [0.1, 0.15) is 6.10 Å². The molecule has 0 radical (unpaired) electrons. The first kappa shape index (κ1) is 14.5. The average molecular weight is 289 g/mol. The van der Waals surface area contributed by atoms with E-state index in [-0.39, 0.29) is 18.1 Å².